The summed E-state index contributed by atoms with van der Waals surface area (Å²) in [6, 6.07) is 4.63. The van der Waals surface area contributed by atoms with Crippen molar-refractivity contribution in [3.63, 3.8) is 0 Å². The van der Waals surface area contributed by atoms with Gasteiger partial charge < -0.3 is 10.1 Å². The molecule has 62 valence electrons. The van der Waals surface area contributed by atoms with E-state index in [0.717, 1.165) is 0 Å². The molecule has 0 saturated heterocycles. The summed E-state index contributed by atoms with van der Waals surface area (Å²) in [6.45, 7) is 0.481. The lowest BCUT2D eigenvalue weighted by atomic mass is 10.0. The summed E-state index contributed by atoms with van der Waals surface area (Å²) in [6.07, 6.45) is 0.494. The molecule has 0 fully saturated rings. The van der Waals surface area contributed by atoms with Crippen LogP contribution in [0.1, 0.15) is 12.0 Å². The molecule has 0 radical (unpaired) electrons. The van der Waals surface area contributed by atoms with Gasteiger partial charge in [-0.05, 0) is 12.1 Å². The van der Waals surface area contributed by atoms with Crippen molar-refractivity contribution in [3.05, 3.63) is 29.6 Å². The highest BCUT2D eigenvalue weighted by Crippen LogP contribution is 2.26. The van der Waals surface area contributed by atoms with Crippen LogP contribution in [0.3, 0.4) is 0 Å². The van der Waals surface area contributed by atoms with Gasteiger partial charge in [0.15, 0.2) is 0 Å². The van der Waals surface area contributed by atoms with Crippen molar-refractivity contribution in [1.29, 1.82) is 5.41 Å². The molecule has 0 aromatic heterocycles. The Balaban J connectivity index is 2.60. The van der Waals surface area contributed by atoms with Crippen LogP contribution in [0.2, 0.25) is 0 Å². The van der Waals surface area contributed by atoms with Gasteiger partial charge in [0.2, 0.25) is 0 Å². The molecule has 1 aliphatic heterocycles. The number of benzene rings is 1. The summed E-state index contributed by atoms with van der Waals surface area (Å²) in [5, 5.41) is 7.49. The van der Waals surface area contributed by atoms with Gasteiger partial charge in [0.25, 0.3) is 0 Å². The minimum Gasteiger partial charge on any atom is -0.492 e. The highest BCUT2D eigenvalue weighted by molar-refractivity contribution is 6.01. The fraction of sp³-hybridized carbons (Fsp3) is 0.222. The van der Waals surface area contributed by atoms with E-state index >= 15 is 0 Å². The van der Waals surface area contributed by atoms with E-state index in [1.807, 2.05) is 0 Å². The molecule has 0 aliphatic carbocycles. The van der Waals surface area contributed by atoms with Crippen LogP contribution in [-0.4, -0.2) is 12.3 Å². The lowest BCUT2D eigenvalue weighted by molar-refractivity contribution is 0.317. The van der Waals surface area contributed by atoms with Crippen LogP contribution in [0.25, 0.3) is 0 Å². The zero-order valence-corrected chi connectivity index (χ0v) is 6.43. The van der Waals surface area contributed by atoms with E-state index in [1.54, 1.807) is 12.1 Å². The molecule has 1 N–H and O–H groups in total. The van der Waals surface area contributed by atoms with Crippen molar-refractivity contribution in [2.24, 2.45) is 0 Å². The van der Waals surface area contributed by atoms with Gasteiger partial charge in [0, 0.05) is 12.1 Å². The normalized spacial score (nSPS) is 15.2. The molecular formula is C9H8FNO. The van der Waals surface area contributed by atoms with Crippen LogP contribution in [0, 0.1) is 11.2 Å². The predicted molar refractivity (Wildman–Crippen MR) is 43.3 cm³/mol. The molecule has 1 heterocycles. The lowest BCUT2D eigenvalue weighted by Crippen LogP contribution is -2.16. The van der Waals surface area contributed by atoms with E-state index in [-0.39, 0.29) is 5.82 Å². The van der Waals surface area contributed by atoms with Crippen LogP contribution in [0.4, 0.5) is 4.39 Å². The van der Waals surface area contributed by atoms with E-state index in [9.17, 15) is 4.39 Å². The number of hydrogen-bond acceptors (Lipinski definition) is 2. The number of rotatable bonds is 0. The Bertz CT molecular complexity index is 335. The number of hydrogen-bond donors (Lipinski definition) is 1. The van der Waals surface area contributed by atoms with Crippen LogP contribution in [0.15, 0.2) is 18.2 Å². The van der Waals surface area contributed by atoms with Gasteiger partial charge in [0.1, 0.15) is 11.6 Å². The molecule has 1 aromatic rings. The van der Waals surface area contributed by atoms with E-state index in [2.05, 4.69) is 0 Å². The Hall–Kier alpha value is -1.38. The topological polar surface area (TPSA) is 33.1 Å². The SMILES string of the molecule is N=C1CCOc2cccc(F)c21. The maximum Gasteiger partial charge on any atom is 0.135 e. The molecule has 1 aliphatic rings. The van der Waals surface area contributed by atoms with Gasteiger partial charge >= 0.3 is 0 Å². The Morgan fingerprint density at radius 3 is 3.00 bits per heavy atom. The Morgan fingerprint density at radius 2 is 2.25 bits per heavy atom. The standard InChI is InChI=1S/C9H8FNO/c10-6-2-1-3-8-9(6)7(11)4-5-12-8/h1-3,11H,4-5H2. The van der Waals surface area contributed by atoms with Gasteiger partial charge in [0.05, 0.1) is 12.2 Å². The Kier molecular flexibility index (Phi) is 1.57. The fourth-order valence-electron chi connectivity index (χ4n) is 1.31. The van der Waals surface area contributed by atoms with Gasteiger partial charge in [-0.1, -0.05) is 6.07 Å². The third-order valence-corrected chi connectivity index (χ3v) is 1.89. The van der Waals surface area contributed by atoms with Crippen LogP contribution in [0.5, 0.6) is 5.75 Å². The van der Waals surface area contributed by atoms with Crippen molar-refractivity contribution >= 4 is 5.71 Å². The molecule has 2 nitrogen and oxygen atoms in total. The number of halogens is 1. The van der Waals surface area contributed by atoms with Crippen LogP contribution < -0.4 is 4.74 Å². The van der Waals surface area contributed by atoms with Crippen molar-refractivity contribution in [3.8, 4) is 5.75 Å². The lowest BCUT2D eigenvalue weighted by Gasteiger charge is -2.17. The highest BCUT2D eigenvalue weighted by atomic mass is 19.1. The first-order chi connectivity index (χ1) is 5.79. The maximum absolute atomic E-state index is 13.1. The zero-order valence-electron chi connectivity index (χ0n) is 6.43. The summed E-state index contributed by atoms with van der Waals surface area (Å²) in [4.78, 5) is 0. The molecule has 0 saturated carbocycles. The van der Waals surface area contributed by atoms with Crippen molar-refractivity contribution in [2.75, 3.05) is 6.61 Å². The maximum atomic E-state index is 13.1. The first-order valence-electron chi connectivity index (χ1n) is 3.78. The first-order valence-corrected chi connectivity index (χ1v) is 3.78. The second-order valence-corrected chi connectivity index (χ2v) is 2.69. The van der Waals surface area contributed by atoms with Crippen molar-refractivity contribution in [1.82, 2.24) is 0 Å². The number of ether oxygens (including phenoxy) is 1. The fourth-order valence-corrected chi connectivity index (χ4v) is 1.31. The number of nitrogens with one attached hydrogen (secondary N) is 1. The number of fused-ring (bicyclic) bond motifs is 1. The van der Waals surface area contributed by atoms with Crippen LogP contribution >= 0.6 is 0 Å². The third-order valence-electron chi connectivity index (χ3n) is 1.89. The predicted octanol–water partition coefficient (Wildman–Crippen LogP) is 1.98. The molecule has 12 heavy (non-hydrogen) atoms. The van der Waals surface area contributed by atoms with E-state index in [1.165, 1.54) is 6.07 Å². The van der Waals surface area contributed by atoms with E-state index < -0.39 is 0 Å². The minimum absolute atomic E-state index is 0.323. The first kappa shape index (κ1) is 7.28. The molecular weight excluding hydrogens is 157 g/mol. The van der Waals surface area contributed by atoms with Crippen LogP contribution in [-0.2, 0) is 0 Å². The van der Waals surface area contributed by atoms with Crippen molar-refractivity contribution < 1.29 is 9.13 Å². The molecule has 3 heteroatoms. The molecule has 0 unspecified atom stereocenters. The Labute approximate surface area is 69.5 Å². The van der Waals surface area contributed by atoms with Gasteiger partial charge in [-0.3, -0.25) is 0 Å². The van der Waals surface area contributed by atoms with E-state index in [0.29, 0.717) is 30.1 Å². The molecule has 0 bridgehead atoms. The largest absolute Gasteiger partial charge is 0.492 e. The smallest absolute Gasteiger partial charge is 0.135 e. The molecule has 2 rings (SSSR count). The Morgan fingerprint density at radius 1 is 1.42 bits per heavy atom. The summed E-state index contributed by atoms with van der Waals surface area (Å²) in [7, 11) is 0. The van der Waals surface area contributed by atoms with Gasteiger partial charge in [-0.25, -0.2) is 4.39 Å². The summed E-state index contributed by atoms with van der Waals surface area (Å²) in [5.41, 5.74) is 0.651. The monoisotopic (exact) mass is 165 g/mol. The quantitative estimate of drug-likeness (QED) is 0.626. The van der Waals surface area contributed by atoms with Gasteiger partial charge in [-0.15, -0.1) is 0 Å². The summed E-state index contributed by atoms with van der Waals surface area (Å²) in [5.74, 6) is 0.128. The van der Waals surface area contributed by atoms with Gasteiger partial charge in [-0.2, -0.15) is 0 Å². The van der Waals surface area contributed by atoms with E-state index in [4.69, 9.17) is 10.1 Å². The average molecular weight is 165 g/mol. The third kappa shape index (κ3) is 0.978. The molecule has 0 spiro atoms. The molecule has 1 aromatic carbocycles. The minimum atomic E-state index is -0.364. The second kappa shape index (κ2) is 2.59. The summed E-state index contributed by atoms with van der Waals surface area (Å²) < 4.78 is 18.3. The summed E-state index contributed by atoms with van der Waals surface area (Å²) >= 11 is 0. The average Bonchev–Trinajstić information content (AvgIpc) is 2.04. The molecule has 0 amide bonds. The van der Waals surface area contributed by atoms with Crippen molar-refractivity contribution in [2.45, 2.75) is 6.42 Å². The second-order valence-electron chi connectivity index (χ2n) is 2.69. The molecule has 0 atom stereocenters. The highest BCUT2D eigenvalue weighted by Gasteiger charge is 2.18. The zero-order chi connectivity index (χ0) is 8.55.